The number of carbonyl (C=O) groups is 1. The van der Waals surface area contributed by atoms with Crippen LogP contribution in [-0.2, 0) is 4.79 Å². The van der Waals surface area contributed by atoms with E-state index < -0.39 is 0 Å². The Balaban J connectivity index is 4.37. The van der Waals surface area contributed by atoms with E-state index in [1.807, 2.05) is 0 Å². The van der Waals surface area contributed by atoms with Crippen molar-refractivity contribution in [3.05, 3.63) is 0 Å². The molecular formula is C14H31N3O. The molecule has 0 bridgehead atoms. The number of nitrogens with two attached hydrogens (primary N) is 1. The number of nitrogens with zero attached hydrogens (tertiary/aromatic N) is 1. The van der Waals surface area contributed by atoms with E-state index in [4.69, 9.17) is 5.73 Å². The van der Waals surface area contributed by atoms with Gasteiger partial charge in [0.1, 0.15) is 0 Å². The fraction of sp³-hybridized carbons (Fsp3) is 0.929. The van der Waals surface area contributed by atoms with Crippen molar-refractivity contribution >= 4 is 5.91 Å². The van der Waals surface area contributed by atoms with Gasteiger partial charge >= 0.3 is 0 Å². The summed E-state index contributed by atoms with van der Waals surface area (Å²) in [6.45, 7) is 9.38. The summed E-state index contributed by atoms with van der Waals surface area (Å²) in [7, 11) is 2.06. The maximum absolute atomic E-state index is 12.3. The summed E-state index contributed by atoms with van der Waals surface area (Å²) in [5.41, 5.74) is 5.51. The van der Waals surface area contributed by atoms with Gasteiger partial charge in [0.05, 0.1) is 5.41 Å². The van der Waals surface area contributed by atoms with Crippen molar-refractivity contribution in [2.24, 2.45) is 11.1 Å². The van der Waals surface area contributed by atoms with Gasteiger partial charge < -0.3 is 16.0 Å². The summed E-state index contributed by atoms with van der Waals surface area (Å²) in [5.74, 6) is 0.137. The first-order chi connectivity index (χ1) is 8.56. The summed E-state index contributed by atoms with van der Waals surface area (Å²) in [5, 5.41) is 3.05. The topological polar surface area (TPSA) is 58.4 Å². The van der Waals surface area contributed by atoms with Crippen molar-refractivity contribution in [3.8, 4) is 0 Å². The highest BCUT2D eigenvalue weighted by Crippen LogP contribution is 2.28. The predicted molar refractivity (Wildman–Crippen MR) is 77.5 cm³/mol. The largest absolute Gasteiger partial charge is 0.354 e. The highest BCUT2D eigenvalue weighted by Gasteiger charge is 2.34. The molecule has 0 aromatic rings. The van der Waals surface area contributed by atoms with E-state index >= 15 is 0 Å². The lowest BCUT2D eigenvalue weighted by atomic mass is 9.78. The molecule has 1 amide bonds. The number of likely N-dealkylation sites (N-methyl/N-ethyl adjacent to an activating group) is 1. The minimum absolute atomic E-state index is 0.137. The van der Waals surface area contributed by atoms with Gasteiger partial charge in [0.2, 0.25) is 5.91 Å². The summed E-state index contributed by atoms with van der Waals surface area (Å²) in [6, 6.07) is 0. The summed E-state index contributed by atoms with van der Waals surface area (Å²) < 4.78 is 0. The molecule has 0 aromatic carbocycles. The Morgan fingerprint density at radius 1 is 1.22 bits per heavy atom. The molecule has 0 unspecified atom stereocenters. The molecule has 3 N–H and O–H groups in total. The monoisotopic (exact) mass is 257 g/mol. The molecule has 0 saturated heterocycles. The van der Waals surface area contributed by atoms with Crippen LogP contribution in [0.4, 0.5) is 0 Å². The molecule has 108 valence electrons. The van der Waals surface area contributed by atoms with Crippen molar-refractivity contribution in [3.63, 3.8) is 0 Å². The van der Waals surface area contributed by atoms with Crippen molar-refractivity contribution in [2.75, 3.05) is 33.2 Å². The van der Waals surface area contributed by atoms with E-state index in [1.165, 1.54) is 0 Å². The molecule has 0 atom stereocenters. The maximum atomic E-state index is 12.3. The normalized spacial score (nSPS) is 11.9. The number of hydrogen-bond donors (Lipinski definition) is 2. The Labute approximate surface area is 112 Å². The highest BCUT2D eigenvalue weighted by molar-refractivity contribution is 5.82. The smallest absolute Gasteiger partial charge is 0.227 e. The minimum Gasteiger partial charge on any atom is -0.354 e. The fourth-order valence-corrected chi connectivity index (χ4v) is 2.31. The van der Waals surface area contributed by atoms with Gasteiger partial charge in [0.15, 0.2) is 0 Å². The maximum Gasteiger partial charge on any atom is 0.227 e. The van der Waals surface area contributed by atoms with E-state index in [-0.39, 0.29) is 11.3 Å². The molecule has 0 spiro atoms. The Morgan fingerprint density at radius 2 is 1.78 bits per heavy atom. The molecule has 0 rings (SSSR count). The van der Waals surface area contributed by atoms with Crippen LogP contribution in [-0.4, -0.2) is 44.0 Å². The highest BCUT2D eigenvalue weighted by atomic mass is 16.2. The number of carbonyl (C=O) groups excluding carboxylic acids is 1. The van der Waals surface area contributed by atoms with Crippen LogP contribution in [0.15, 0.2) is 0 Å². The van der Waals surface area contributed by atoms with Crippen LogP contribution in [0.3, 0.4) is 0 Å². The second-order valence-electron chi connectivity index (χ2n) is 5.14. The van der Waals surface area contributed by atoms with Crippen LogP contribution in [0.1, 0.15) is 46.5 Å². The van der Waals surface area contributed by atoms with Crippen molar-refractivity contribution in [2.45, 2.75) is 46.5 Å². The fourth-order valence-electron chi connectivity index (χ4n) is 2.31. The zero-order chi connectivity index (χ0) is 14.0. The quantitative estimate of drug-likeness (QED) is 0.625. The van der Waals surface area contributed by atoms with Crippen LogP contribution in [0, 0.1) is 5.41 Å². The number of rotatable bonds is 10. The van der Waals surface area contributed by atoms with Gasteiger partial charge in [-0.3, -0.25) is 4.79 Å². The second kappa shape index (κ2) is 9.34. The third-order valence-electron chi connectivity index (χ3n) is 3.65. The third kappa shape index (κ3) is 5.36. The van der Waals surface area contributed by atoms with Crippen LogP contribution < -0.4 is 11.1 Å². The van der Waals surface area contributed by atoms with Crippen molar-refractivity contribution in [1.29, 1.82) is 0 Å². The van der Waals surface area contributed by atoms with Gasteiger partial charge in [0, 0.05) is 19.6 Å². The average molecular weight is 257 g/mol. The van der Waals surface area contributed by atoms with E-state index in [1.54, 1.807) is 0 Å². The van der Waals surface area contributed by atoms with Crippen molar-refractivity contribution in [1.82, 2.24) is 10.2 Å². The minimum atomic E-state index is -0.353. The molecule has 18 heavy (non-hydrogen) atoms. The number of nitrogens with one attached hydrogen (secondary N) is 1. The van der Waals surface area contributed by atoms with Crippen LogP contribution >= 0.6 is 0 Å². The lowest BCUT2D eigenvalue weighted by molar-refractivity contribution is -0.131. The summed E-state index contributed by atoms with van der Waals surface area (Å²) in [4.78, 5) is 14.5. The molecule has 0 radical (unpaired) electrons. The Morgan fingerprint density at radius 3 is 2.17 bits per heavy atom. The van der Waals surface area contributed by atoms with Crippen molar-refractivity contribution < 1.29 is 4.79 Å². The SMILES string of the molecule is CCCC(CN)(CCC)C(=O)NCCN(C)CC. The number of hydrogen-bond acceptors (Lipinski definition) is 3. The lowest BCUT2D eigenvalue weighted by Gasteiger charge is -2.31. The molecule has 0 aliphatic carbocycles. The molecule has 0 saturated carbocycles. The molecule has 0 aromatic heterocycles. The van der Waals surface area contributed by atoms with Gasteiger partial charge in [-0.1, -0.05) is 33.6 Å². The second-order valence-corrected chi connectivity index (χ2v) is 5.14. The third-order valence-corrected chi connectivity index (χ3v) is 3.65. The molecule has 0 aliphatic rings. The van der Waals surface area contributed by atoms with E-state index in [0.717, 1.165) is 38.8 Å². The molecule has 0 aliphatic heterocycles. The van der Waals surface area contributed by atoms with Gasteiger partial charge in [-0.05, 0) is 26.4 Å². The first-order valence-electron chi connectivity index (χ1n) is 7.23. The van der Waals surface area contributed by atoms with Crippen LogP contribution in [0.2, 0.25) is 0 Å². The van der Waals surface area contributed by atoms with Gasteiger partial charge in [-0.25, -0.2) is 0 Å². The van der Waals surface area contributed by atoms with Gasteiger partial charge in [0.25, 0.3) is 0 Å². The molecule has 4 nitrogen and oxygen atoms in total. The molecule has 4 heteroatoms. The molecule has 0 heterocycles. The van der Waals surface area contributed by atoms with Gasteiger partial charge in [-0.2, -0.15) is 0 Å². The van der Waals surface area contributed by atoms with E-state index in [0.29, 0.717) is 13.1 Å². The Kier molecular flexibility index (Phi) is 9.02. The summed E-state index contributed by atoms with van der Waals surface area (Å²) >= 11 is 0. The van der Waals surface area contributed by atoms with Crippen LogP contribution in [0.25, 0.3) is 0 Å². The van der Waals surface area contributed by atoms with E-state index in [9.17, 15) is 4.79 Å². The summed E-state index contributed by atoms with van der Waals surface area (Å²) in [6.07, 6.45) is 3.76. The van der Waals surface area contributed by atoms with Crippen LogP contribution in [0.5, 0.6) is 0 Å². The van der Waals surface area contributed by atoms with Gasteiger partial charge in [-0.15, -0.1) is 0 Å². The molecule has 0 fully saturated rings. The van der Waals surface area contributed by atoms with E-state index in [2.05, 4.69) is 38.0 Å². The standard InChI is InChI=1S/C14H31N3O/c1-5-8-14(12-15,9-6-2)13(18)16-10-11-17(4)7-3/h5-12,15H2,1-4H3,(H,16,18). The first-order valence-corrected chi connectivity index (χ1v) is 7.23. The number of amides is 1. The zero-order valence-electron chi connectivity index (χ0n) is 12.6. The zero-order valence-corrected chi connectivity index (χ0v) is 12.6. The lowest BCUT2D eigenvalue weighted by Crippen LogP contribution is -2.47. The predicted octanol–water partition coefficient (Wildman–Crippen LogP) is 1.60. The Bertz CT molecular complexity index is 225. The average Bonchev–Trinajstić information content (AvgIpc) is 2.37. The Hall–Kier alpha value is -0.610. The molecular weight excluding hydrogens is 226 g/mol. The first kappa shape index (κ1) is 17.4.